The van der Waals surface area contributed by atoms with Gasteiger partial charge in [0.2, 0.25) is 0 Å². The summed E-state index contributed by atoms with van der Waals surface area (Å²) in [4.78, 5) is 0. The van der Waals surface area contributed by atoms with Crippen molar-refractivity contribution in [3.8, 4) is 5.75 Å². The highest BCUT2D eigenvalue weighted by atomic mass is 16.5. The van der Waals surface area contributed by atoms with Crippen LogP contribution in [0, 0.1) is 17.8 Å². The average Bonchev–Trinajstić information content (AvgIpc) is 2.67. The van der Waals surface area contributed by atoms with E-state index in [-0.39, 0.29) is 0 Å². The Morgan fingerprint density at radius 1 is 1.00 bits per heavy atom. The van der Waals surface area contributed by atoms with Crippen molar-refractivity contribution in [1.82, 2.24) is 0 Å². The maximum absolute atomic E-state index is 6.01. The van der Waals surface area contributed by atoms with E-state index in [1.165, 1.54) is 50.5 Å². The van der Waals surface area contributed by atoms with Crippen molar-refractivity contribution in [2.45, 2.75) is 57.8 Å². The Balaban J connectivity index is 1.47. The molecule has 0 amide bonds. The van der Waals surface area contributed by atoms with E-state index in [2.05, 4.69) is 49.9 Å². The largest absolute Gasteiger partial charge is 0.493 e. The van der Waals surface area contributed by atoms with Crippen molar-refractivity contribution < 1.29 is 4.74 Å². The van der Waals surface area contributed by atoms with Crippen molar-refractivity contribution in [1.29, 1.82) is 0 Å². The van der Waals surface area contributed by atoms with Gasteiger partial charge in [0.15, 0.2) is 0 Å². The van der Waals surface area contributed by atoms with Gasteiger partial charge < -0.3 is 4.74 Å². The van der Waals surface area contributed by atoms with Crippen molar-refractivity contribution in [2.24, 2.45) is 17.8 Å². The van der Waals surface area contributed by atoms with E-state index in [0.717, 1.165) is 24.2 Å². The Morgan fingerprint density at radius 3 is 2.33 bits per heavy atom. The van der Waals surface area contributed by atoms with Gasteiger partial charge in [-0.1, -0.05) is 43.7 Å². The van der Waals surface area contributed by atoms with Gasteiger partial charge in [0, 0.05) is 5.92 Å². The first-order valence-electron chi connectivity index (χ1n) is 9.82. The molecule has 2 aliphatic rings. The summed E-state index contributed by atoms with van der Waals surface area (Å²) in [6.07, 6.45) is 15.9. The van der Waals surface area contributed by atoms with Gasteiger partial charge in [0.05, 0.1) is 6.61 Å². The van der Waals surface area contributed by atoms with Crippen LogP contribution in [0.1, 0.15) is 63.4 Å². The minimum absolute atomic E-state index is 0.546. The summed E-state index contributed by atoms with van der Waals surface area (Å²) >= 11 is 0. The fourth-order valence-corrected chi connectivity index (χ4v) is 4.18. The van der Waals surface area contributed by atoms with Gasteiger partial charge in [-0.15, -0.1) is 6.58 Å². The maximum atomic E-state index is 6.01. The highest BCUT2D eigenvalue weighted by Crippen LogP contribution is 2.37. The van der Waals surface area contributed by atoms with Crippen LogP contribution in [0.15, 0.2) is 49.1 Å². The predicted octanol–water partition coefficient (Wildman–Crippen LogP) is 6.52. The normalized spacial score (nSPS) is 30.0. The Morgan fingerprint density at radius 2 is 1.75 bits per heavy atom. The van der Waals surface area contributed by atoms with Crippen molar-refractivity contribution in [2.75, 3.05) is 6.61 Å². The Bertz CT molecular complexity index is 534. The molecule has 0 radical (unpaired) electrons. The molecule has 1 aromatic carbocycles. The van der Waals surface area contributed by atoms with Crippen LogP contribution >= 0.6 is 0 Å². The zero-order chi connectivity index (χ0) is 16.8. The zero-order valence-corrected chi connectivity index (χ0v) is 15.1. The van der Waals surface area contributed by atoms with E-state index < -0.39 is 0 Å². The first-order valence-corrected chi connectivity index (χ1v) is 9.82. The highest BCUT2D eigenvalue weighted by molar-refractivity contribution is 5.29. The van der Waals surface area contributed by atoms with Gasteiger partial charge in [-0.05, 0) is 74.0 Å². The van der Waals surface area contributed by atoms with Crippen LogP contribution in [0.4, 0.5) is 0 Å². The first-order chi connectivity index (χ1) is 11.8. The number of ether oxygens (including phenoxy) is 1. The number of benzene rings is 1. The molecule has 0 aromatic heterocycles. The number of allylic oxidation sites excluding steroid dienone is 2. The smallest absolute Gasteiger partial charge is 0.119 e. The van der Waals surface area contributed by atoms with Gasteiger partial charge in [-0.3, -0.25) is 0 Å². The van der Waals surface area contributed by atoms with Crippen LogP contribution < -0.4 is 4.74 Å². The van der Waals surface area contributed by atoms with E-state index >= 15 is 0 Å². The molecule has 1 nitrogen and oxygen atoms in total. The van der Waals surface area contributed by atoms with Crippen LogP contribution in [0.5, 0.6) is 5.75 Å². The summed E-state index contributed by atoms with van der Waals surface area (Å²) in [6.45, 7) is 7.00. The molecule has 2 unspecified atom stereocenters. The third-order valence-electron chi connectivity index (χ3n) is 6.04. The van der Waals surface area contributed by atoms with Crippen molar-refractivity contribution in [3.05, 3.63) is 54.6 Å². The molecule has 0 bridgehead atoms. The fraction of sp³-hybridized carbons (Fsp3) is 0.565. The molecule has 0 aliphatic heterocycles. The summed E-state index contributed by atoms with van der Waals surface area (Å²) in [7, 11) is 0. The van der Waals surface area contributed by atoms with E-state index in [1.807, 2.05) is 6.08 Å². The van der Waals surface area contributed by atoms with E-state index in [4.69, 9.17) is 4.74 Å². The lowest BCUT2D eigenvalue weighted by Crippen LogP contribution is -2.15. The molecule has 0 saturated heterocycles. The summed E-state index contributed by atoms with van der Waals surface area (Å²) in [5.74, 6) is 3.85. The lowest BCUT2D eigenvalue weighted by Gasteiger charge is -2.28. The molecular weight excluding hydrogens is 292 g/mol. The molecule has 1 fully saturated rings. The van der Waals surface area contributed by atoms with Gasteiger partial charge in [-0.2, -0.15) is 0 Å². The molecule has 0 N–H and O–H groups in total. The van der Waals surface area contributed by atoms with E-state index in [0.29, 0.717) is 11.8 Å². The number of hydrogen-bond donors (Lipinski definition) is 0. The molecule has 2 atom stereocenters. The second kappa shape index (κ2) is 8.55. The lowest BCUT2D eigenvalue weighted by atomic mass is 9.78. The second-order valence-electron chi connectivity index (χ2n) is 7.63. The maximum Gasteiger partial charge on any atom is 0.119 e. The van der Waals surface area contributed by atoms with Crippen LogP contribution in [0.25, 0.3) is 0 Å². The highest BCUT2D eigenvalue weighted by Gasteiger charge is 2.21. The molecule has 1 saturated carbocycles. The van der Waals surface area contributed by atoms with E-state index in [1.54, 1.807) is 0 Å². The van der Waals surface area contributed by atoms with Crippen LogP contribution in [0.3, 0.4) is 0 Å². The van der Waals surface area contributed by atoms with Crippen molar-refractivity contribution >= 4 is 0 Å². The summed E-state index contributed by atoms with van der Waals surface area (Å²) in [5, 5.41) is 0. The van der Waals surface area contributed by atoms with Gasteiger partial charge in [-0.25, -0.2) is 0 Å². The quantitative estimate of drug-likeness (QED) is 0.541. The van der Waals surface area contributed by atoms with Gasteiger partial charge in [0.1, 0.15) is 5.75 Å². The molecular formula is C23H32O. The standard InChI is InChI=1S/C23H32O/c1-3-18-5-7-20(8-6-18)17-24-23-15-13-22(14-16-23)21-11-9-19(4-2)10-12-21/h3,5,7,13-16,18-21H,1,4,6,8-12,17H2,2H3. The summed E-state index contributed by atoms with van der Waals surface area (Å²) < 4.78 is 6.01. The molecule has 0 heterocycles. The third-order valence-corrected chi connectivity index (χ3v) is 6.04. The molecule has 1 heteroatoms. The average molecular weight is 325 g/mol. The van der Waals surface area contributed by atoms with Gasteiger partial charge >= 0.3 is 0 Å². The topological polar surface area (TPSA) is 9.23 Å². The van der Waals surface area contributed by atoms with Gasteiger partial charge in [0.25, 0.3) is 0 Å². The molecule has 1 aromatic rings. The predicted molar refractivity (Wildman–Crippen MR) is 102 cm³/mol. The Labute approximate surface area is 147 Å². The van der Waals surface area contributed by atoms with Crippen LogP contribution in [0.2, 0.25) is 0 Å². The zero-order valence-electron chi connectivity index (χ0n) is 15.1. The molecule has 24 heavy (non-hydrogen) atoms. The minimum atomic E-state index is 0.546. The second-order valence-corrected chi connectivity index (χ2v) is 7.63. The van der Waals surface area contributed by atoms with Crippen molar-refractivity contribution in [3.63, 3.8) is 0 Å². The molecule has 0 spiro atoms. The Kier molecular flexibility index (Phi) is 6.18. The van der Waals surface area contributed by atoms with Crippen LogP contribution in [-0.2, 0) is 0 Å². The monoisotopic (exact) mass is 324 g/mol. The molecule has 3 rings (SSSR count). The molecule has 2 aliphatic carbocycles. The molecule has 130 valence electrons. The SMILES string of the molecule is C=CC1C=CC(COc2ccc(C3CCC(CC)CC3)cc2)CC1. The summed E-state index contributed by atoms with van der Waals surface area (Å²) in [5.41, 5.74) is 1.50. The number of hydrogen-bond acceptors (Lipinski definition) is 1. The lowest BCUT2D eigenvalue weighted by molar-refractivity contribution is 0.259. The van der Waals surface area contributed by atoms with Crippen LogP contribution in [-0.4, -0.2) is 6.61 Å². The third kappa shape index (κ3) is 4.53. The number of rotatable bonds is 6. The minimum Gasteiger partial charge on any atom is -0.493 e. The first kappa shape index (κ1) is 17.3. The Hall–Kier alpha value is -1.50. The summed E-state index contributed by atoms with van der Waals surface area (Å²) in [6, 6.07) is 8.91. The van der Waals surface area contributed by atoms with E-state index in [9.17, 15) is 0 Å². The fourth-order valence-electron chi connectivity index (χ4n) is 4.18.